The van der Waals surface area contributed by atoms with Crippen LogP contribution in [0.4, 0.5) is 15.9 Å². The lowest BCUT2D eigenvalue weighted by Crippen LogP contribution is -2.47. The van der Waals surface area contributed by atoms with Gasteiger partial charge in [0.05, 0.1) is 12.6 Å². The Balaban J connectivity index is 1.38. The van der Waals surface area contributed by atoms with Crippen LogP contribution in [0.3, 0.4) is 0 Å². The molecule has 6 nitrogen and oxygen atoms in total. The zero-order valence-electron chi connectivity index (χ0n) is 20.5. The summed E-state index contributed by atoms with van der Waals surface area (Å²) in [6.07, 6.45) is 0. The monoisotopic (exact) mass is 483 g/mol. The molecule has 0 spiro atoms. The molecule has 2 N–H and O–H groups in total. The van der Waals surface area contributed by atoms with Crippen LogP contribution >= 0.6 is 0 Å². The van der Waals surface area contributed by atoms with Crippen molar-refractivity contribution in [2.75, 3.05) is 11.9 Å². The van der Waals surface area contributed by atoms with Crippen molar-refractivity contribution in [1.29, 1.82) is 0 Å². The summed E-state index contributed by atoms with van der Waals surface area (Å²) in [4.78, 5) is 20.0. The third kappa shape index (κ3) is 5.16. The normalized spacial score (nSPS) is 13.8. The molecular formula is C29H30FN5O. The van der Waals surface area contributed by atoms with Gasteiger partial charge in [0, 0.05) is 30.9 Å². The van der Waals surface area contributed by atoms with Crippen LogP contribution in [-0.2, 0) is 24.4 Å². The zero-order valence-corrected chi connectivity index (χ0v) is 20.5. The fourth-order valence-corrected chi connectivity index (χ4v) is 4.46. The number of carbonyl (C=O) groups excluding carboxylic acids is 1. The molecule has 1 aliphatic rings. The second kappa shape index (κ2) is 10.3. The number of nitrogens with one attached hydrogen (secondary N) is 2. The van der Waals surface area contributed by atoms with Crippen LogP contribution in [0, 0.1) is 12.7 Å². The first-order chi connectivity index (χ1) is 17.5. The highest BCUT2D eigenvalue weighted by molar-refractivity contribution is 5.82. The van der Waals surface area contributed by atoms with Crippen LogP contribution in [0.1, 0.15) is 23.9 Å². The van der Waals surface area contributed by atoms with E-state index in [-0.39, 0.29) is 17.8 Å². The number of aromatic nitrogens is 2. The van der Waals surface area contributed by atoms with E-state index in [4.69, 9.17) is 4.98 Å². The molecule has 1 aliphatic heterocycles. The number of nitrogens with zero attached hydrogens (tertiary/aromatic N) is 3. The molecule has 1 atom stereocenters. The summed E-state index contributed by atoms with van der Waals surface area (Å²) in [5, 5.41) is 6.86. The van der Waals surface area contributed by atoms with Crippen LogP contribution in [0.25, 0.3) is 11.3 Å². The number of anilines is 2. The molecule has 0 saturated heterocycles. The van der Waals surface area contributed by atoms with E-state index in [1.807, 2.05) is 54.3 Å². The molecule has 1 aromatic heterocycles. The molecule has 1 amide bonds. The molecule has 0 saturated carbocycles. The van der Waals surface area contributed by atoms with Crippen molar-refractivity contribution in [3.8, 4) is 11.3 Å². The number of hydrogen-bond donors (Lipinski definition) is 2. The van der Waals surface area contributed by atoms with Crippen molar-refractivity contribution in [2.45, 2.75) is 39.5 Å². The summed E-state index contributed by atoms with van der Waals surface area (Å²) >= 11 is 0. The minimum absolute atomic E-state index is 0.0524. The van der Waals surface area contributed by atoms with Crippen LogP contribution in [0.15, 0.2) is 78.9 Å². The molecule has 3 aromatic carbocycles. The second-order valence-electron chi connectivity index (χ2n) is 9.22. The molecule has 4 aromatic rings. The van der Waals surface area contributed by atoms with Gasteiger partial charge in [-0.05, 0) is 55.8 Å². The lowest BCUT2D eigenvalue weighted by Gasteiger charge is -2.31. The number of rotatable bonds is 7. The van der Waals surface area contributed by atoms with Gasteiger partial charge in [-0.15, -0.1) is 0 Å². The minimum atomic E-state index is -0.312. The summed E-state index contributed by atoms with van der Waals surface area (Å²) in [5.74, 6) is 1.42. The summed E-state index contributed by atoms with van der Waals surface area (Å²) in [6, 6.07) is 24.3. The molecule has 0 bridgehead atoms. The maximum Gasteiger partial charge on any atom is 0.239 e. The Labute approximate surface area is 210 Å². The first-order valence-electron chi connectivity index (χ1n) is 12.2. The summed E-state index contributed by atoms with van der Waals surface area (Å²) in [5.41, 5.74) is 4.84. The van der Waals surface area contributed by atoms with E-state index < -0.39 is 0 Å². The van der Waals surface area contributed by atoms with Crippen molar-refractivity contribution in [2.24, 2.45) is 0 Å². The molecule has 5 rings (SSSR count). The van der Waals surface area contributed by atoms with Crippen LogP contribution in [0.5, 0.6) is 0 Å². The average molecular weight is 484 g/mol. The van der Waals surface area contributed by atoms with E-state index in [1.54, 1.807) is 12.1 Å². The maximum absolute atomic E-state index is 13.6. The SMILES string of the molecule is Cc1ccc(Nc2c(-c3ccc(F)cc3)nc3n2CCN(C(=O)C(C)NCc2ccccc2)C3)cc1. The first-order valence-corrected chi connectivity index (χ1v) is 12.2. The van der Waals surface area contributed by atoms with Crippen molar-refractivity contribution in [3.05, 3.63) is 102 Å². The van der Waals surface area contributed by atoms with E-state index in [0.29, 0.717) is 26.2 Å². The second-order valence-corrected chi connectivity index (χ2v) is 9.22. The number of fused-ring (bicyclic) bond motifs is 1. The topological polar surface area (TPSA) is 62.2 Å². The van der Waals surface area contributed by atoms with Crippen molar-refractivity contribution in [3.63, 3.8) is 0 Å². The Hall–Kier alpha value is -3.97. The molecule has 184 valence electrons. The van der Waals surface area contributed by atoms with E-state index in [2.05, 4.69) is 34.3 Å². The maximum atomic E-state index is 13.6. The molecule has 36 heavy (non-hydrogen) atoms. The highest BCUT2D eigenvalue weighted by Crippen LogP contribution is 2.33. The summed E-state index contributed by atoms with van der Waals surface area (Å²) < 4.78 is 15.7. The summed E-state index contributed by atoms with van der Waals surface area (Å²) in [6.45, 7) is 6.21. The third-order valence-corrected chi connectivity index (χ3v) is 6.54. The van der Waals surface area contributed by atoms with E-state index in [1.165, 1.54) is 17.7 Å². The van der Waals surface area contributed by atoms with Crippen LogP contribution in [0.2, 0.25) is 0 Å². The molecule has 0 fully saturated rings. The Morgan fingerprint density at radius 1 is 1.00 bits per heavy atom. The van der Waals surface area contributed by atoms with Gasteiger partial charge in [0.15, 0.2) is 0 Å². The van der Waals surface area contributed by atoms with Crippen LogP contribution < -0.4 is 10.6 Å². The molecule has 0 aliphatic carbocycles. The van der Waals surface area contributed by atoms with Gasteiger partial charge < -0.3 is 20.1 Å². The largest absolute Gasteiger partial charge is 0.340 e. The average Bonchev–Trinajstić information content (AvgIpc) is 3.26. The quantitative estimate of drug-likeness (QED) is 0.376. The molecule has 0 radical (unpaired) electrons. The first kappa shape index (κ1) is 23.8. The number of benzene rings is 3. The standard InChI is InChI=1S/C29H30FN5O/c1-20-8-14-25(15-9-20)32-28-27(23-10-12-24(30)13-11-23)33-26-19-34(16-17-35(26)28)29(36)21(2)31-18-22-6-4-3-5-7-22/h3-15,21,31-32H,16-19H2,1-2H3. The van der Waals surface area contributed by atoms with Crippen molar-refractivity contribution < 1.29 is 9.18 Å². The van der Waals surface area contributed by atoms with Gasteiger partial charge in [-0.25, -0.2) is 9.37 Å². The molecular weight excluding hydrogens is 453 g/mol. The number of amides is 1. The third-order valence-electron chi connectivity index (χ3n) is 6.54. The number of halogens is 1. The Morgan fingerprint density at radius 2 is 1.72 bits per heavy atom. The van der Waals surface area contributed by atoms with Crippen LogP contribution in [-0.4, -0.2) is 32.9 Å². The Kier molecular flexibility index (Phi) is 6.82. The Morgan fingerprint density at radius 3 is 2.44 bits per heavy atom. The van der Waals surface area contributed by atoms with Gasteiger partial charge in [0.2, 0.25) is 5.91 Å². The van der Waals surface area contributed by atoms with Gasteiger partial charge >= 0.3 is 0 Å². The van der Waals surface area contributed by atoms with Gasteiger partial charge in [-0.1, -0.05) is 48.0 Å². The lowest BCUT2D eigenvalue weighted by atomic mass is 10.1. The molecule has 1 unspecified atom stereocenters. The van der Waals surface area contributed by atoms with E-state index in [9.17, 15) is 9.18 Å². The van der Waals surface area contributed by atoms with Gasteiger partial charge in [-0.2, -0.15) is 0 Å². The van der Waals surface area contributed by atoms with Gasteiger partial charge in [-0.3, -0.25) is 4.79 Å². The lowest BCUT2D eigenvalue weighted by molar-refractivity contribution is -0.134. The smallest absolute Gasteiger partial charge is 0.239 e. The highest BCUT2D eigenvalue weighted by atomic mass is 19.1. The van der Waals surface area contributed by atoms with Crippen molar-refractivity contribution >= 4 is 17.4 Å². The Bertz CT molecular complexity index is 1330. The fraction of sp³-hybridized carbons (Fsp3) is 0.241. The number of hydrogen-bond acceptors (Lipinski definition) is 4. The van der Waals surface area contributed by atoms with E-state index in [0.717, 1.165) is 34.2 Å². The fourth-order valence-electron chi connectivity index (χ4n) is 4.46. The summed E-state index contributed by atoms with van der Waals surface area (Å²) in [7, 11) is 0. The van der Waals surface area contributed by atoms with Gasteiger partial charge in [0.1, 0.15) is 23.2 Å². The predicted molar refractivity (Wildman–Crippen MR) is 140 cm³/mol. The highest BCUT2D eigenvalue weighted by Gasteiger charge is 2.29. The minimum Gasteiger partial charge on any atom is -0.340 e. The molecule has 7 heteroatoms. The molecule has 2 heterocycles. The van der Waals surface area contributed by atoms with E-state index >= 15 is 0 Å². The number of carbonyl (C=O) groups is 1. The zero-order chi connectivity index (χ0) is 25.1. The van der Waals surface area contributed by atoms with Gasteiger partial charge in [0.25, 0.3) is 0 Å². The van der Waals surface area contributed by atoms with Crippen molar-refractivity contribution in [1.82, 2.24) is 19.8 Å². The number of aryl methyl sites for hydroxylation is 1. The number of imidazole rings is 1. The predicted octanol–water partition coefficient (Wildman–Crippen LogP) is 5.26.